The maximum absolute atomic E-state index is 11.9. The predicted octanol–water partition coefficient (Wildman–Crippen LogP) is 2.16. The minimum Gasteiger partial charge on any atom is -0.309 e. The highest BCUT2D eigenvalue weighted by Crippen LogP contribution is 2.66. The van der Waals surface area contributed by atoms with Gasteiger partial charge in [-0.3, -0.25) is 4.57 Å². The molecule has 0 aromatic heterocycles. The highest BCUT2D eigenvalue weighted by atomic mass is 32.1. The van der Waals surface area contributed by atoms with Gasteiger partial charge in [0.25, 0.3) is 0 Å². The predicted molar refractivity (Wildman–Crippen MR) is 57.4 cm³/mol. The van der Waals surface area contributed by atoms with Crippen molar-refractivity contribution >= 4 is 15.3 Å². The van der Waals surface area contributed by atoms with Gasteiger partial charge in [0.05, 0.1) is 0 Å². The number of terminal acetylenes is 2. The molecule has 0 aromatic carbocycles. The van der Waals surface area contributed by atoms with Crippen LogP contribution < -0.4 is 0 Å². The summed E-state index contributed by atoms with van der Waals surface area (Å²) in [5, 5.41) is 0. The van der Waals surface area contributed by atoms with Crippen molar-refractivity contribution in [2.24, 2.45) is 5.92 Å². The van der Waals surface area contributed by atoms with Crippen LogP contribution in [0.1, 0.15) is 6.42 Å². The molecule has 0 amide bonds. The van der Waals surface area contributed by atoms with Crippen LogP contribution in [0.15, 0.2) is 0 Å². The fourth-order valence-electron chi connectivity index (χ4n) is 1.28. The van der Waals surface area contributed by atoms with E-state index in [4.69, 9.17) is 17.4 Å². The van der Waals surface area contributed by atoms with Gasteiger partial charge in [-0.2, -0.15) is 0 Å². The van der Waals surface area contributed by atoms with Crippen LogP contribution in [0.25, 0.3) is 0 Å². The molecule has 0 spiro atoms. The highest BCUT2D eigenvalue weighted by molar-refractivity contribution is 8.22. The molecular formula is C9H12O2P2. The van der Waals surface area contributed by atoms with Gasteiger partial charge in [0.15, 0.2) is 0 Å². The van der Waals surface area contributed by atoms with E-state index < -0.39 is 7.06 Å². The first-order valence-corrected chi connectivity index (χ1v) is 8.17. The van der Waals surface area contributed by atoms with Crippen molar-refractivity contribution in [3.05, 3.63) is 0 Å². The topological polar surface area (TPSA) is 26.3 Å². The van der Waals surface area contributed by atoms with E-state index in [1.807, 2.05) is 6.66 Å². The Hall–Kier alpha value is -0.260. The minimum absolute atomic E-state index is 0.0214. The summed E-state index contributed by atoms with van der Waals surface area (Å²) in [6.45, 7) is 1.87. The monoisotopic (exact) mass is 214 g/mol. The molecule has 70 valence electrons. The first kappa shape index (κ1) is 10.8. The first-order chi connectivity index (χ1) is 6.13. The Kier molecular flexibility index (Phi) is 3.58. The van der Waals surface area contributed by atoms with Crippen LogP contribution in [0.2, 0.25) is 0 Å². The molecule has 4 atom stereocenters. The van der Waals surface area contributed by atoms with Crippen LogP contribution >= 0.6 is 15.3 Å². The minimum atomic E-state index is -2.50. The van der Waals surface area contributed by atoms with E-state index >= 15 is 0 Å². The van der Waals surface area contributed by atoms with E-state index in [0.29, 0.717) is 12.6 Å². The standard InChI is InChI=1S/C9H12O2P2/c1-4-8-6-9(5-2)11-13(10,7-8)12-3/h1-2,8-9,12H,6-7H2,3H3. The fraction of sp³-hybridized carbons (Fsp3) is 0.556. The Morgan fingerprint density at radius 1 is 1.54 bits per heavy atom. The zero-order chi connectivity index (χ0) is 9.90. The van der Waals surface area contributed by atoms with E-state index in [2.05, 4.69) is 11.8 Å². The molecule has 0 aliphatic carbocycles. The summed E-state index contributed by atoms with van der Waals surface area (Å²) < 4.78 is 17.3. The maximum atomic E-state index is 11.9. The van der Waals surface area contributed by atoms with Crippen LogP contribution in [0.4, 0.5) is 0 Å². The molecule has 0 N–H and O–H groups in total. The van der Waals surface area contributed by atoms with Gasteiger partial charge >= 0.3 is 0 Å². The van der Waals surface area contributed by atoms with Crippen molar-refractivity contribution in [1.29, 1.82) is 0 Å². The number of hydrogen-bond donors (Lipinski definition) is 0. The largest absolute Gasteiger partial charge is 0.309 e. The molecule has 1 heterocycles. The summed E-state index contributed by atoms with van der Waals surface area (Å²) in [4.78, 5) is 0. The van der Waals surface area contributed by atoms with Crippen LogP contribution in [-0.2, 0) is 9.09 Å². The van der Waals surface area contributed by atoms with Gasteiger partial charge in [0, 0.05) is 12.1 Å². The average Bonchev–Trinajstić information content (AvgIpc) is 2.17. The van der Waals surface area contributed by atoms with Crippen LogP contribution in [-0.4, -0.2) is 18.9 Å². The molecule has 1 saturated heterocycles. The molecule has 1 aliphatic heterocycles. The Bertz CT molecular complexity index is 285. The molecule has 0 bridgehead atoms. The number of rotatable bonds is 1. The van der Waals surface area contributed by atoms with E-state index in [0.717, 1.165) is 0 Å². The normalized spacial score (nSPS) is 39.9. The van der Waals surface area contributed by atoms with E-state index in [1.54, 1.807) is 0 Å². The zero-order valence-corrected chi connectivity index (χ0v) is 9.38. The number of hydrogen-bond acceptors (Lipinski definition) is 2. The lowest BCUT2D eigenvalue weighted by Gasteiger charge is -2.29. The third-order valence-electron chi connectivity index (χ3n) is 2.02. The molecule has 1 rings (SSSR count). The lowest BCUT2D eigenvalue weighted by Crippen LogP contribution is -2.22. The molecule has 4 heteroatoms. The lowest BCUT2D eigenvalue weighted by molar-refractivity contribution is 0.223. The van der Waals surface area contributed by atoms with Crippen molar-refractivity contribution in [2.45, 2.75) is 12.5 Å². The quantitative estimate of drug-likeness (QED) is 0.494. The maximum Gasteiger partial charge on any atom is 0.221 e. The van der Waals surface area contributed by atoms with Crippen molar-refractivity contribution in [2.75, 3.05) is 12.8 Å². The van der Waals surface area contributed by atoms with Crippen molar-refractivity contribution in [3.8, 4) is 24.7 Å². The molecule has 0 aromatic rings. The Morgan fingerprint density at radius 2 is 2.23 bits per heavy atom. The summed E-state index contributed by atoms with van der Waals surface area (Å²) in [7, 11) is -2.22. The average molecular weight is 214 g/mol. The second-order valence-corrected chi connectivity index (χ2v) is 8.70. The summed E-state index contributed by atoms with van der Waals surface area (Å²) in [5.41, 5.74) is 0. The molecule has 0 saturated carbocycles. The Balaban J connectivity index is 2.79. The van der Waals surface area contributed by atoms with Gasteiger partial charge in [0.1, 0.15) is 6.10 Å². The van der Waals surface area contributed by atoms with Gasteiger partial charge < -0.3 is 4.52 Å². The second kappa shape index (κ2) is 4.30. The lowest BCUT2D eigenvalue weighted by atomic mass is 10.1. The smallest absolute Gasteiger partial charge is 0.221 e. The van der Waals surface area contributed by atoms with Gasteiger partial charge in [-0.15, -0.1) is 18.8 Å². The Morgan fingerprint density at radius 3 is 2.69 bits per heavy atom. The van der Waals surface area contributed by atoms with Crippen molar-refractivity contribution in [1.82, 2.24) is 0 Å². The van der Waals surface area contributed by atoms with Crippen molar-refractivity contribution in [3.63, 3.8) is 0 Å². The molecular weight excluding hydrogens is 202 g/mol. The van der Waals surface area contributed by atoms with Crippen LogP contribution in [0.3, 0.4) is 0 Å². The summed E-state index contributed by atoms with van der Waals surface area (Å²) >= 11 is 0. The van der Waals surface area contributed by atoms with Crippen molar-refractivity contribution < 1.29 is 9.09 Å². The van der Waals surface area contributed by atoms with Gasteiger partial charge in [-0.05, 0) is 21.4 Å². The zero-order valence-electron chi connectivity index (χ0n) is 7.49. The molecule has 0 radical (unpaired) electrons. The van der Waals surface area contributed by atoms with E-state index in [9.17, 15) is 4.57 Å². The fourth-order valence-corrected chi connectivity index (χ4v) is 4.95. The Labute approximate surface area is 81.0 Å². The first-order valence-electron chi connectivity index (χ1n) is 4.02. The van der Waals surface area contributed by atoms with Gasteiger partial charge in [-0.25, -0.2) is 0 Å². The van der Waals surface area contributed by atoms with Gasteiger partial charge in [0.2, 0.25) is 7.06 Å². The molecule has 1 aliphatic rings. The van der Waals surface area contributed by atoms with Gasteiger partial charge in [-0.1, -0.05) is 5.92 Å². The van der Waals surface area contributed by atoms with E-state index in [-0.39, 0.29) is 20.3 Å². The van der Waals surface area contributed by atoms with Crippen LogP contribution in [0.5, 0.6) is 0 Å². The summed E-state index contributed by atoms with van der Waals surface area (Å²) in [5.74, 6) is 5.11. The molecule has 13 heavy (non-hydrogen) atoms. The molecule has 1 fully saturated rings. The van der Waals surface area contributed by atoms with Crippen LogP contribution in [0, 0.1) is 30.6 Å². The SMILES string of the molecule is C#CC1CC(C#C)OP(=O)(PC)C1. The third-order valence-corrected chi connectivity index (χ3v) is 7.13. The second-order valence-electron chi connectivity index (χ2n) is 2.94. The summed E-state index contributed by atoms with van der Waals surface area (Å²) in [6.07, 6.45) is 11.3. The third kappa shape index (κ3) is 2.59. The molecule has 2 nitrogen and oxygen atoms in total. The summed E-state index contributed by atoms with van der Waals surface area (Å²) in [6, 6.07) is 0. The molecule has 4 unspecified atom stereocenters. The van der Waals surface area contributed by atoms with E-state index in [1.165, 1.54) is 0 Å². The highest BCUT2D eigenvalue weighted by Gasteiger charge is 2.34.